The van der Waals surface area contributed by atoms with E-state index in [2.05, 4.69) is 40.0 Å². The SMILES string of the molecule is CN=C(NCC(=O)NC1CCCCC1)NCc1ccccc1C.I. The van der Waals surface area contributed by atoms with Crippen LogP contribution in [0.2, 0.25) is 0 Å². The number of benzene rings is 1. The van der Waals surface area contributed by atoms with Crippen LogP contribution in [-0.2, 0) is 11.3 Å². The van der Waals surface area contributed by atoms with E-state index in [4.69, 9.17) is 0 Å². The van der Waals surface area contributed by atoms with Crippen molar-refractivity contribution < 1.29 is 4.79 Å². The Morgan fingerprint density at radius 2 is 1.88 bits per heavy atom. The molecule has 0 unspecified atom stereocenters. The van der Waals surface area contributed by atoms with E-state index in [1.165, 1.54) is 30.4 Å². The molecule has 0 bridgehead atoms. The number of nitrogens with one attached hydrogen (secondary N) is 3. The van der Waals surface area contributed by atoms with Gasteiger partial charge in [0.25, 0.3) is 0 Å². The molecule has 0 aliphatic heterocycles. The maximum atomic E-state index is 12.0. The lowest BCUT2D eigenvalue weighted by atomic mass is 9.95. The highest BCUT2D eigenvalue weighted by molar-refractivity contribution is 14.0. The molecule has 6 heteroatoms. The molecular formula is C18H29IN4O. The number of hydrogen-bond donors (Lipinski definition) is 3. The number of aliphatic imine (C=N–C) groups is 1. The Hall–Kier alpha value is -1.31. The first-order chi connectivity index (χ1) is 11.2. The predicted molar refractivity (Wildman–Crippen MR) is 110 cm³/mol. The van der Waals surface area contributed by atoms with E-state index in [-0.39, 0.29) is 36.4 Å². The summed E-state index contributed by atoms with van der Waals surface area (Å²) in [5, 5.41) is 9.42. The van der Waals surface area contributed by atoms with Gasteiger partial charge in [0.2, 0.25) is 5.91 Å². The second kappa shape index (κ2) is 11.3. The third-order valence-electron chi connectivity index (χ3n) is 4.32. The summed E-state index contributed by atoms with van der Waals surface area (Å²) in [4.78, 5) is 16.2. The first-order valence-electron chi connectivity index (χ1n) is 8.47. The molecular weight excluding hydrogens is 415 g/mol. The van der Waals surface area contributed by atoms with Gasteiger partial charge in [-0.1, -0.05) is 43.5 Å². The molecule has 1 saturated carbocycles. The van der Waals surface area contributed by atoms with Gasteiger partial charge in [-0.25, -0.2) is 0 Å². The Morgan fingerprint density at radius 3 is 2.54 bits per heavy atom. The highest BCUT2D eigenvalue weighted by Gasteiger charge is 2.15. The third-order valence-corrected chi connectivity index (χ3v) is 4.32. The van der Waals surface area contributed by atoms with Gasteiger partial charge in [-0.2, -0.15) is 0 Å². The average Bonchev–Trinajstić information content (AvgIpc) is 2.57. The Kier molecular flexibility index (Phi) is 9.75. The van der Waals surface area contributed by atoms with Crippen LogP contribution in [0.4, 0.5) is 0 Å². The van der Waals surface area contributed by atoms with Crippen LogP contribution in [-0.4, -0.2) is 31.5 Å². The van der Waals surface area contributed by atoms with Crippen molar-refractivity contribution in [2.24, 2.45) is 4.99 Å². The zero-order chi connectivity index (χ0) is 16.5. The van der Waals surface area contributed by atoms with Crippen LogP contribution < -0.4 is 16.0 Å². The molecule has 5 nitrogen and oxygen atoms in total. The van der Waals surface area contributed by atoms with Gasteiger partial charge >= 0.3 is 0 Å². The molecule has 0 spiro atoms. The van der Waals surface area contributed by atoms with Gasteiger partial charge in [0.15, 0.2) is 5.96 Å². The van der Waals surface area contributed by atoms with Gasteiger partial charge in [-0.15, -0.1) is 24.0 Å². The van der Waals surface area contributed by atoms with Crippen molar-refractivity contribution in [1.29, 1.82) is 0 Å². The first-order valence-corrected chi connectivity index (χ1v) is 8.47. The molecule has 1 aromatic carbocycles. The summed E-state index contributed by atoms with van der Waals surface area (Å²) in [7, 11) is 1.71. The molecule has 0 radical (unpaired) electrons. The topological polar surface area (TPSA) is 65.5 Å². The van der Waals surface area contributed by atoms with E-state index in [9.17, 15) is 4.79 Å². The van der Waals surface area contributed by atoms with E-state index < -0.39 is 0 Å². The molecule has 0 saturated heterocycles. The minimum atomic E-state index is 0. The standard InChI is InChI=1S/C18H28N4O.HI/c1-14-8-6-7-9-15(14)12-20-18(19-2)21-13-17(23)22-16-10-4-3-5-11-16;/h6-9,16H,3-5,10-13H2,1-2H3,(H,22,23)(H2,19,20,21);1H. The van der Waals surface area contributed by atoms with Crippen LogP contribution in [0.5, 0.6) is 0 Å². The van der Waals surface area contributed by atoms with Gasteiger partial charge in [-0.05, 0) is 30.9 Å². The van der Waals surface area contributed by atoms with Crippen molar-refractivity contribution >= 4 is 35.8 Å². The number of halogens is 1. The number of hydrogen-bond acceptors (Lipinski definition) is 2. The number of rotatable bonds is 5. The van der Waals surface area contributed by atoms with Crippen LogP contribution in [0.1, 0.15) is 43.2 Å². The number of nitrogens with zero attached hydrogens (tertiary/aromatic N) is 1. The summed E-state index contributed by atoms with van der Waals surface area (Å²) in [6.07, 6.45) is 5.94. The summed E-state index contributed by atoms with van der Waals surface area (Å²) < 4.78 is 0. The number of amides is 1. The Balaban J connectivity index is 0.00000288. The summed E-state index contributed by atoms with van der Waals surface area (Å²) in [6.45, 7) is 3.03. The minimum absolute atomic E-state index is 0. The Bertz CT molecular complexity index is 542. The molecule has 1 aliphatic carbocycles. The van der Waals surface area contributed by atoms with Gasteiger partial charge in [-0.3, -0.25) is 9.79 Å². The summed E-state index contributed by atoms with van der Waals surface area (Å²) in [6, 6.07) is 8.58. The second-order valence-corrected chi connectivity index (χ2v) is 6.11. The zero-order valence-corrected chi connectivity index (χ0v) is 16.9. The molecule has 0 heterocycles. The molecule has 134 valence electrons. The fourth-order valence-electron chi connectivity index (χ4n) is 2.90. The van der Waals surface area contributed by atoms with Crippen molar-refractivity contribution in [3.8, 4) is 0 Å². The van der Waals surface area contributed by atoms with Crippen LogP contribution in [0, 0.1) is 6.92 Å². The smallest absolute Gasteiger partial charge is 0.239 e. The molecule has 1 aliphatic rings. The van der Waals surface area contributed by atoms with Gasteiger partial charge in [0.1, 0.15) is 0 Å². The normalized spacial score (nSPS) is 15.3. The van der Waals surface area contributed by atoms with Crippen molar-refractivity contribution in [3.05, 3.63) is 35.4 Å². The second-order valence-electron chi connectivity index (χ2n) is 6.11. The largest absolute Gasteiger partial charge is 0.352 e. The number of carbonyl (C=O) groups is 1. The Morgan fingerprint density at radius 1 is 1.17 bits per heavy atom. The van der Waals surface area contributed by atoms with E-state index in [1.807, 2.05) is 12.1 Å². The predicted octanol–water partition coefficient (Wildman–Crippen LogP) is 2.73. The minimum Gasteiger partial charge on any atom is -0.352 e. The Labute approximate surface area is 162 Å². The molecule has 3 N–H and O–H groups in total. The molecule has 24 heavy (non-hydrogen) atoms. The van der Waals surface area contributed by atoms with Crippen molar-refractivity contribution in [3.63, 3.8) is 0 Å². The first kappa shape index (κ1) is 20.7. The fraction of sp³-hybridized carbons (Fsp3) is 0.556. The maximum absolute atomic E-state index is 12.0. The highest BCUT2D eigenvalue weighted by Crippen LogP contribution is 2.17. The van der Waals surface area contributed by atoms with E-state index in [0.717, 1.165) is 12.8 Å². The molecule has 1 amide bonds. The molecule has 1 fully saturated rings. The maximum Gasteiger partial charge on any atom is 0.239 e. The zero-order valence-electron chi connectivity index (χ0n) is 14.6. The fourth-order valence-corrected chi connectivity index (χ4v) is 2.90. The number of guanidine groups is 1. The molecule has 0 atom stereocenters. The number of carbonyl (C=O) groups excluding carboxylic acids is 1. The van der Waals surface area contributed by atoms with Crippen LogP contribution in [0.3, 0.4) is 0 Å². The van der Waals surface area contributed by atoms with E-state index >= 15 is 0 Å². The van der Waals surface area contributed by atoms with Gasteiger partial charge in [0.05, 0.1) is 6.54 Å². The third kappa shape index (κ3) is 7.07. The molecule has 1 aromatic rings. The van der Waals surface area contributed by atoms with E-state index in [1.54, 1.807) is 7.05 Å². The molecule has 2 rings (SSSR count). The van der Waals surface area contributed by atoms with E-state index in [0.29, 0.717) is 18.5 Å². The lowest BCUT2D eigenvalue weighted by molar-refractivity contribution is -0.120. The lowest BCUT2D eigenvalue weighted by Crippen LogP contribution is -2.45. The van der Waals surface area contributed by atoms with Crippen molar-refractivity contribution in [2.45, 2.75) is 51.6 Å². The quantitative estimate of drug-likeness (QED) is 0.372. The molecule has 0 aromatic heterocycles. The number of aryl methyl sites for hydroxylation is 1. The lowest BCUT2D eigenvalue weighted by Gasteiger charge is -2.23. The van der Waals surface area contributed by atoms with Gasteiger partial charge < -0.3 is 16.0 Å². The summed E-state index contributed by atoms with van der Waals surface area (Å²) in [5.74, 6) is 0.683. The highest BCUT2D eigenvalue weighted by atomic mass is 127. The van der Waals surface area contributed by atoms with Gasteiger partial charge in [0, 0.05) is 19.6 Å². The van der Waals surface area contributed by atoms with Crippen LogP contribution in [0.15, 0.2) is 29.3 Å². The summed E-state index contributed by atoms with van der Waals surface area (Å²) in [5.41, 5.74) is 2.47. The van der Waals surface area contributed by atoms with Crippen LogP contribution >= 0.6 is 24.0 Å². The summed E-state index contributed by atoms with van der Waals surface area (Å²) >= 11 is 0. The average molecular weight is 444 g/mol. The van der Waals surface area contributed by atoms with Crippen molar-refractivity contribution in [2.75, 3.05) is 13.6 Å². The van der Waals surface area contributed by atoms with Crippen LogP contribution in [0.25, 0.3) is 0 Å². The monoisotopic (exact) mass is 444 g/mol. The van der Waals surface area contributed by atoms with Crippen molar-refractivity contribution in [1.82, 2.24) is 16.0 Å².